The Morgan fingerprint density at radius 3 is 2.14 bits per heavy atom. The van der Waals surface area contributed by atoms with Gasteiger partial charge in [0.2, 0.25) is 5.60 Å². The second-order valence-corrected chi connectivity index (χ2v) is 7.16. The molecule has 0 spiro atoms. The summed E-state index contributed by atoms with van der Waals surface area (Å²) in [6.45, 7) is 2.39. The maximum absolute atomic E-state index is 13.0. The highest BCUT2D eigenvalue weighted by Crippen LogP contribution is 2.31. The van der Waals surface area contributed by atoms with E-state index in [1.807, 2.05) is 12.1 Å². The number of carbonyl (C=O) groups is 2. The van der Waals surface area contributed by atoms with Crippen LogP contribution in [0.15, 0.2) is 60.7 Å². The zero-order valence-corrected chi connectivity index (χ0v) is 16.2. The Balaban J connectivity index is 1.78. The van der Waals surface area contributed by atoms with Crippen LogP contribution in [0.3, 0.4) is 0 Å². The molecule has 0 bridgehead atoms. The van der Waals surface area contributed by atoms with E-state index in [1.54, 1.807) is 53.4 Å². The first-order valence-corrected chi connectivity index (χ1v) is 9.87. The standard InChI is InChI=1S/C23H27NO4/c1-2-20-15-9-10-16-24(20)21(25)17-28-22(26)23(27,18-11-5-3-6-12-18)19-13-7-4-8-14-19/h3-8,11-14,20,27H,2,9-10,15-17H2,1H3. The molecule has 1 unspecified atom stereocenters. The van der Waals surface area contributed by atoms with Crippen molar-refractivity contribution in [1.82, 2.24) is 4.90 Å². The molecule has 1 amide bonds. The van der Waals surface area contributed by atoms with Gasteiger partial charge in [0.25, 0.3) is 5.91 Å². The number of hydrogen-bond donors (Lipinski definition) is 1. The van der Waals surface area contributed by atoms with Crippen LogP contribution in [0.25, 0.3) is 0 Å². The third kappa shape index (κ3) is 4.09. The van der Waals surface area contributed by atoms with Crippen LogP contribution in [0.4, 0.5) is 0 Å². The molecule has 1 aliphatic rings. The highest BCUT2D eigenvalue weighted by atomic mass is 16.6. The van der Waals surface area contributed by atoms with Crippen molar-refractivity contribution in [2.75, 3.05) is 13.2 Å². The van der Waals surface area contributed by atoms with Crippen LogP contribution in [0, 0.1) is 0 Å². The zero-order valence-electron chi connectivity index (χ0n) is 16.2. The summed E-state index contributed by atoms with van der Waals surface area (Å²) in [7, 11) is 0. The average molecular weight is 381 g/mol. The van der Waals surface area contributed by atoms with Crippen molar-refractivity contribution in [2.24, 2.45) is 0 Å². The molecule has 0 radical (unpaired) electrons. The number of nitrogens with zero attached hydrogens (tertiary/aromatic N) is 1. The van der Waals surface area contributed by atoms with E-state index in [0.29, 0.717) is 17.7 Å². The first-order valence-electron chi connectivity index (χ1n) is 9.87. The van der Waals surface area contributed by atoms with Crippen LogP contribution in [0.2, 0.25) is 0 Å². The number of carbonyl (C=O) groups excluding carboxylic acids is 2. The molecular formula is C23H27NO4. The lowest BCUT2D eigenvalue weighted by atomic mass is 9.86. The topological polar surface area (TPSA) is 66.8 Å². The minimum absolute atomic E-state index is 0.196. The smallest absolute Gasteiger partial charge is 0.348 e. The molecule has 0 saturated carbocycles. The molecule has 1 heterocycles. The van der Waals surface area contributed by atoms with Gasteiger partial charge >= 0.3 is 5.97 Å². The summed E-state index contributed by atoms with van der Waals surface area (Å²) in [5, 5.41) is 11.3. The Bertz CT molecular complexity index is 751. The minimum atomic E-state index is -1.96. The Morgan fingerprint density at radius 2 is 1.61 bits per heavy atom. The van der Waals surface area contributed by atoms with Crippen LogP contribution in [-0.4, -0.2) is 41.1 Å². The van der Waals surface area contributed by atoms with Crippen molar-refractivity contribution in [1.29, 1.82) is 0 Å². The van der Waals surface area contributed by atoms with E-state index >= 15 is 0 Å². The van der Waals surface area contributed by atoms with Crippen molar-refractivity contribution in [3.63, 3.8) is 0 Å². The fourth-order valence-corrected chi connectivity index (χ4v) is 3.83. The van der Waals surface area contributed by atoms with E-state index in [9.17, 15) is 14.7 Å². The molecule has 2 aromatic carbocycles. The van der Waals surface area contributed by atoms with E-state index < -0.39 is 11.6 Å². The van der Waals surface area contributed by atoms with Gasteiger partial charge in [0.1, 0.15) is 0 Å². The number of hydrogen-bond acceptors (Lipinski definition) is 4. The molecule has 0 aliphatic carbocycles. The molecule has 1 fully saturated rings. The second kappa shape index (κ2) is 9.02. The normalized spacial score (nSPS) is 17.2. The molecule has 1 saturated heterocycles. The summed E-state index contributed by atoms with van der Waals surface area (Å²) in [6.07, 6.45) is 3.95. The molecular weight excluding hydrogens is 354 g/mol. The molecule has 5 heteroatoms. The highest BCUT2D eigenvalue weighted by molar-refractivity contribution is 5.88. The molecule has 148 valence electrons. The number of rotatable bonds is 6. The summed E-state index contributed by atoms with van der Waals surface area (Å²) in [4.78, 5) is 27.4. The first-order chi connectivity index (χ1) is 13.6. The van der Waals surface area contributed by atoms with Gasteiger partial charge in [-0.15, -0.1) is 0 Å². The summed E-state index contributed by atoms with van der Waals surface area (Å²) in [5.41, 5.74) is -1.15. The van der Waals surface area contributed by atoms with E-state index in [2.05, 4.69) is 6.92 Å². The summed E-state index contributed by atoms with van der Waals surface area (Å²) in [5.74, 6) is -1.05. The first kappa shape index (κ1) is 20.1. The van der Waals surface area contributed by atoms with Gasteiger partial charge in [0.15, 0.2) is 6.61 Å². The Hall–Kier alpha value is -2.66. The summed E-state index contributed by atoms with van der Waals surface area (Å²) < 4.78 is 5.34. The number of esters is 1. The summed E-state index contributed by atoms with van der Waals surface area (Å²) >= 11 is 0. The van der Waals surface area contributed by atoms with Gasteiger partial charge < -0.3 is 14.7 Å². The number of amides is 1. The predicted octanol–water partition coefficient (Wildman–Crippen LogP) is 3.26. The lowest BCUT2D eigenvalue weighted by Gasteiger charge is -2.35. The van der Waals surface area contributed by atoms with E-state index in [4.69, 9.17) is 4.74 Å². The third-order valence-electron chi connectivity index (χ3n) is 5.42. The highest BCUT2D eigenvalue weighted by Gasteiger charge is 2.42. The predicted molar refractivity (Wildman–Crippen MR) is 106 cm³/mol. The van der Waals surface area contributed by atoms with Crippen molar-refractivity contribution >= 4 is 11.9 Å². The number of benzene rings is 2. The molecule has 1 N–H and O–H groups in total. The number of ether oxygens (including phenoxy) is 1. The largest absolute Gasteiger partial charge is 0.453 e. The molecule has 3 rings (SSSR count). The maximum Gasteiger partial charge on any atom is 0.348 e. The number of piperidine rings is 1. The molecule has 1 atom stereocenters. The Labute approximate surface area is 165 Å². The van der Waals surface area contributed by atoms with E-state index in [-0.39, 0.29) is 18.6 Å². The number of likely N-dealkylation sites (tertiary alicyclic amines) is 1. The number of aliphatic hydroxyl groups is 1. The van der Waals surface area contributed by atoms with E-state index in [0.717, 1.165) is 25.7 Å². The van der Waals surface area contributed by atoms with Gasteiger partial charge in [-0.1, -0.05) is 67.6 Å². The quantitative estimate of drug-likeness (QED) is 0.780. The third-order valence-corrected chi connectivity index (χ3v) is 5.42. The SMILES string of the molecule is CCC1CCCCN1C(=O)COC(=O)C(O)(c1ccccc1)c1ccccc1. The van der Waals surface area contributed by atoms with Gasteiger partial charge in [-0.25, -0.2) is 4.79 Å². The molecule has 5 nitrogen and oxygen atoms in total. The lowest BCUT2D eigenvalue weighted by molar-refractivity contribution is -0.167. The zero-order chi connectivity index (χ0) is 20.0. The van der Waals surface area contributed by atoms with Crippen molar-refractivity contribution in [2.45, 2.75) is 44.2 Å². The monoisotopic (exact) mass is 381 g/mol. The van der Waals surface area contributed by atoms with Crippen molar-refractivity contribution in [3.8, 4) is 0 Å². The van der Waals surface area contributed by atoms with Gasteiger partial charge in [-0.05, 0) is 36.8 Å². The summed E-state index contributed by atoms with van der Waals surface area (Å²) in [6, 6.07) is 17.5. The van der Waals surface area contributed by atoms with Crippen LogP contribution < -0.4 is 0 Å². The molecule has 1 aliphatic heterocycles. The Morgan fingerprint density at radius 1 is 1.04 bits per heavy atom. The minimum Gasteiger partial charge on any atom is -0.453 e. The fraction of sp³-hybridized carbons (Fsp3) is 0.391. The van der Waals surface area contributed by atoms with E-state index in [1.165, 1.54) is 0 Å². The van der Waals surface area contributed by atoms with Gasteiger partial charge in [0.05, 0.1) is 0 Å². The van der Waals surface area contributed by atoms with Gasteiger partial charge in [-0.2, -0.15) is 0 Å². The van der Waals surface area contributed by atoms with Crippen molar-refractivity contribution in [3.05, 3.63) is 71.8 Å². The van der Waals surface area contributed by atoms with Gasteiger partial charge in [0, 0.05) is 12.6 Å². The van der Waals surface area contributed by atoms with Crippen LogP contribution in [-0.2, 0) is 19.9 Å². The van der Waals surface area contributed by atoms with Gasteiger partial charge in [-0.3, -0.25) is 4.79 Å². The lowest BCUT2D eigenvalue weighted by Crippen LogP contribution is -2.46. The molecule has 28 heavy (non-hydrogen) atoms. The van der Waals surface area contributed by atoms with Crippen LogP contribution in [0.1, 0.15) is 43.7 Å². The Kier molecular flexibility index (Phi) is 6.47. The maximum atomic E-state index is 13.0. The van der Waals surface area contributed by atoms with Crippen LogP contribution in [0.5, 0.6) is 0 Å². The second-order valence-electron chi connectivity index (χ2n) is 7.16. The van der Waals surface area contributed by atoms with Crippen molar-refractivity contribution < 1.29 is 19.4 Å². The average Bonchev–Trinajstić information content (AvgIpc) is 2.77. The molecule has 2 aromatic rings. The molecule has 0 aromatic heterocycles. The fourth-order valence-electron chi connectivity index (χ4n) is 3.83. The van der Waals surface area contributed by atoms with Crippen LogP contribution >= 0.6 is 0 Å².